The van der Waals surface area contributed by atoms with Gasteiger partial charge in [-0.15, -0.1) is 0 Å². The molecule has 0 fully saturated rings. The molecule has 8 heteroatoms. The highest BCUT2D eigenvalue weighted by atomic mass is 32.2. The van der Waals surface area contributed by atoms with Crippen LogP contribution >= 0.6 is 0 Å². The molecule has 0 aliphatic rings. The lowest BCUT2D eigenvalue weighted by Crippen LogP contribution is -2.14. The number of nitrogens with one attached hydrogen (secondary N) is 1. The molecule has 0 saturated heterocycles. The van der Waals surface area contributed by atoms with E-state index in [1.54, 1.807) is 6.92 Å². The van der Waals surface area contributed by atoms with E-state index in [9.17, 15) is 13.2 Å². The minimum Gasteiger partial charge on any atom is -0.247 e. The molecule has 1 heterocycles. The third-order valence-electron chi connectivity index (χ3n) is 2.33. The smallest absolute Gasteiger partial charge is 0.247 e. The quantitative estimate of drug-likeness (QED) is 0.680. The fourth-order valence-corrected chi connectivity index (χ4v) is 2.33. The summed E-state index contributed by atoms with van der Waals surface area (Å²) in [7, 11) is -3.77. The molecule has 1 aromatic carbocycles. The molecular weight excluding hydrogens is 280 g/mol. The summed E-state index contributed by atoms with van der Waals surface area (Å²) in [5.74, 6) is -0.00871. The van der Waals surface area contributed by atoms with Crippen LogP contribution in [0.15, 0.2) is 46.5 Å². The molecular formula is C12H10N4O3S. The van der Waals surface area contributed by atoms with E-state index in [0.717, 1.165) is 5.56 Å². The van der Waals surface area contributed by atoms with Crippen LogP contribution in [0.1, 0.15) is 5.56 Å². The molecule has 0 unspecified atom stereocenters. The molecule has 20 heavy (non-hydrogen) atoms. The Bertz CT molecular complexity index is 748. The van der Waals surface area contributed by atoms with Gasteiger partial charge in [0.25, 0.3) is 10.0 Å². The van der Waals surface area contributed by atoms with Crippen LogP contribution in [-0.2, 0) is 14.8 Å². The van der Waals surface area contributed by atoms with E-state index in [1.807, 2.05) is 0 Å². The van der Waals surface area contributed by atoms with Crippen molar-refractivity contribution in [1.82, 2.24) is 9.97 Å². The highest BCUT2D eigenvalue weighted by Gasteiger charge is 2.15. The van der Waals surface area contributed by atoms with Gasteiger partial charge < -0.3 is 0 Å². The number of hydrogen-bond donors (Lipinski definition) is 1. The van der Waals surface area contributed by atoms with Crippen molar-refractivity contribution < 1.29 is 13.2 Å². The van der Waals surface area contributed by atoms with Gasteiger partial charge in [-0.25, -0.2) is 27.9 Å². The van der Waals surface area contributed by atoms with Gasteiger partial charge in [0.05, 0.1) is 10.6 Å². The fourth-order valence-electron chi connectivity index (χ4n) is 1.38. The van der Waals surface area contributed by atoms with Gasteiger partial charge in [-0.3, -0.25) is 0 Å². The van der Waals surface area contributed by atoms with Crippen LogP contribution in [0.2, 0.25) is 0 Å². The van der Waals surface area contributed by atoms with Gasteiger partial charge in [0.1, 0.15) is 0 Å². The lowest BCUT2D eigenvalue weighted by atomic mass is 10.3. The summed E-state index contributed by atoms with van der Waals surface area (Å²) in [4.78, 5) is 21.2. The number of aryl methyl sites for hydroxylation is 1. The molecule has 0 aliphatic heterocycles. The molecule has 0 bridgehead atoms. The largest absolute Gasteiger partial charge is 0.264 e. The predicted octanol–water partition coefficient (Wildman–Crippen LogP) is 1.55. The molecule has 1 aromatic heterocycles. The lowest BCUT2D eigenvalue weighted by Gasteiger charge is -2.06. The van der Waals surface area contributed by atoms with Gasteiger partial charge in [-0.05, 0) is 36.8 Å². The van der Waals surface area contributed by atoms with Crippen LogP contribution in [0.5, 0.6) is 0 Å². The molecule has 0 radical (unpaired) electrons. The Balaban J connectivity index is 2.25. The zero-order chi connectivity index (χ0) is 14.6. The van der Waals surface area contributed by atoms with E-state index in [2.05, 4.69) is 19.7 Å². The van der Waals surface area contributed by atoms with E-state index in [1.165, 1.54) is 42.7 Å². The number of aliphatic imine (C=N–C) groups is 1. The zero-order valence-electron chi connectivity index (χ0n) is 10.4. The summed E-state index contributed by atoms with van der Waals surface area (Å²) < 4.78 is 26.4. The minimum atomic E-state index is -3.77. The standard InChI is InChI=1S/C12H10N4O3S/c1-9-6-13-12(14-7-9)16-20(18,19)11-4-2-10(3-5-11)15-8-17/h2-7H,1H3,(H,13,14,16). The lowest BCUT2D eigenvalue weighted by molar-refractivity contribution is 0.565. The third kappa shape index (κ3) is 3.25. The van der Waals surface area contributed by atoms with E-state index in [0.29, 0.717) is 5.69 Å². The van der Waals surface area contributed by atoms with Gasteiger partial charge in [0.15, 0.2) is 0 Å². The van der Waals surface area contributed by atoms with Gasteiger partial charge in [0, 0.05) is 12.4 Å². The molecule has 1 N–H and O–H groups in total. The Morgan fingerprint density at radius 3 is 2.30 bits per heavy atom. The Hall–Kier alpha value is -2.57. The molecule has 2 rings (SSSR count). The number of carbonyl (C=O) groups excluding carboxylic acids is 1. The van der Waals surface area contributed by atoms with E-state index < -0.39 is 10.0 Å². The predicted molar refractivity (Wildman–Crippen MR) is 71.8 cm³/mol. The van der Waals surface area contributed by atoms with Crippen molar-refractivity contribution in [2.24, 2.45) is 4.99 Å². The Morgan fingerprint density at radius 1 is 1.15 bits per heavy atom. The van der Waals surface area contributed by atoms with Crippen molar-refractivity contribution in [2.45, 2.75) is 11.8 Å². The van der Waals surface area contributed by atoms with Gasteiger partial charge in [-0.1, -0.05) is 0 Å². The second-order valence-electron chi connectivity index (χ2n) is 3.89. The Kier molecular flexibility index (Phi) is 3.88. The van der Waals surface area contributed by atoms with Gasteiger partial charge in [0.2, 0.25) is 12.0 Å². The maximum Gasteiger partial charge on any atom is 0.264 e. The summed E-state index contributed by atoms with van der Waals surface area (Å²) in [5.41, 5.74) is 1.15. The van der Waals surface area contributed by atoms with E-state index >= 15 is 0 Å². The first-order valence-corrected chi connectivity index (χ1v) is 6.99. The van der Waals surface area contributed by atoms with Crippen molar-refractivity contribution >= 4 is 27.7 Å². The normalized spacial score (nSPS) is 10.7. The first kappa shape index (κ1) is 13.9. The van der Waals surface area contributed by atoms with Crippen molar-refractivity contribution in [3.63, 3.8) is 0 Å². The number of aromatic nitrogens is 2. The number of rotatable bonds is 4. The van der Waals surface area contributed by atoms with Crippen molar-refractivity contribution in [3.05, 3.63) is 42.2 Å². The Labute approximate surface area is 115 Å². The maximum absolute atomic E-state index is 12.1. The fraction of sp³-hybridized carbons (Fsp3) is 0.0833. The van der Waals surface area contributed by atoms with Crippen LogP contribution in [0.3, 0.4) is 0 Å². The molecule has 0 atom stereocenters. The van der Waals surface area contributed by atoms with Crippen LogP contribution in [0, 0.1) is 6.92 Å². The summed E-state index contributed by atoms with van der Waals surface area (Å²) in [6.45, 7) is 1.80. The summed E-state index contributed by atoms with van der Waals surface area (Å²) in [5, 5.41) is 0. The van der Waals surface area contributed by atoms with Crippen LogP contribution in [0.25, 0.3) is 0 Å². The number of isocyanates is 1. The highest BCUT2D eigenvalue weighted by Crippen LogP contribution is 2.17. The summed E-state index contributed by atoms with van der Waals surface area (Å²) in [6.07, 6.45) is 4.39. The molecule has 0 spiro atoms. The Morgan fingerprint density at radius 2 is 1.75 bits per heavy atom. The number of hydrogen-bond acceptors (Lipinski definition) is 6. The number of sulfonamides is 1. The zero-order valence-corrected chi connectivity index (χ0v) is 11.3. The van der Waals surface area contributed by atoms with Crippen molar-refractivity contribution in [1.29, 1.82) is 0 Å². The van der Waals surface area contributed by atoms with Crippen LogP contribution in [-0.4, -0.2) is 24.5 Å². The monoisotopic (exact) mass is 290 g/mol. The molecule has 0 amide bonds. The first-order valence-electron chi connectivity index (χ1n) is 5.51. The highest BCUT2D eigenvalue weighted by molar-refractivity contribution is 7.92. The average molecular weight is 290 g/mol. The van der Waals surface area contributed by atoms with Gasteiger partial charge in [-0.2, -0.15) is 4.99 Å². The number of benzene rings is 1. The van der Waals surface area contributed by atoms with E-state index in [-0.39, 0.29) is 10.8 Å². The third-order valence-corrected chi connectivity index (χ3v) is 3.67. The molecule has 0 saturated carbocycles. The topological polar surface area (TPSA) is 101 Å². The van der Waals surface area contributed by atoms with Gasteiger partial charge >= 0.3 is 0 Å². The second-order valence-corrected chi connectivity index (χ2v) is 5.57. The van der Waals surface area contributed by atoms with Crippen LogP contribution in [0.4, 0.5) is 11.6 Å². The minimum absolute atomic E-state index is 0.00871. The maximum atomic E-state index is 12.1. The van der Waals surface area contributed by atoms with E-state index in [4.69, 9.17) is 0 Å². The van der Waals surface area contributed by atoms with Crippen LogP contribution < -0.4 is 4.72 Å². The summed E-state index contributed by atoms with van der Waals surface area (Å²) >= 11 is 0. The molecule has 0 aliphatic carbocycles. The van der Waals surface area contributed by atoms with Crippen molar-refractivity contribution in [3.8, 4) is 0 Å². The number of anilines is 1. The molecule has 2 aromatic rings. The number of nitrogens with zero attached hydrogens (tertiary/aromatic N) is 3. The first-order chi connectivity index (χ1) is 9.51. The summed E-state index contributed by atoms with van der Waals surface area (Å²) in [6, 6.07) is 5.45. The van der Waals surface area contributed by atoms with Crippen molar-refractivity contribution in [2.75, 3.05) is 4.72 Å². The molecule has 7 nitrogen and oxygen atoms in total. The second kappa shape index (κ2) is 5.60. The SMILES string of the molecule is Cc1cnc(NS(=O)(=O)c2ccc(N=C=O)cc2)nc1. The average Bonchev–Trinajstić information content (AvgIpc) is 2.42. The molecule has 102 valence electrons.